The number of alkyl carbamates (subject to hydrolysis) is 1. The molecule has 1 aromatic rings. The molecule has 0 bridgehead atoms. The Morgan fingerprint density at radius 2 is 1.85 bits per heavy atom. The van der Waals surface area contributed by atoms with Crippen LogP contribution in [-0.2, 0) is 9.53 Å². The lowest BCUT2D eigenvalue weighted by atomic mass is 10.2. The third-order valence-corrected chi connectivity index (χ3v) is 4.23. The Labute approximate surface area is 156 Å². The van der Waals surface area contributed by atoms with Gasteiger partial charge in [-0.05, 0) is 51.8 Å². The van der Waals surface area contributed by atoms with E-state index in [1.807, 2.05) is 25.7 Å². The molecule has 0 saturated carbocycles. The highest BCUT2D eigenvalue weighted by atomic mass is 16.6. The molecule has 0 atom stereocenters. The molecule has 2 rings (SSSR count). The monoisotopic (exact) mass is 361 g/mol. The number of anilines is 1. The van der Waals surface area contributed by atoms with Crippen LogP contribution in [0.1, 0.15) is 39.2 Å². The Morgan fingerprint density at radius 3 is 2.46 bits per heavy atom. The molecular weight excluding hydrogens is 330 g/mol. The van der Waals surface area contributed by atoms with Gasteiger partial charge in [-0.15, -0.1) is 0 Å². The maximum absolute atomic E-state index is 12.3. The summed E-state index contributed by atoms with van der Waals surface area (Å²) >= 11 is 0. The zero-order valence-corrected chi connectivity index (χ0v) is 16.4. The van der Waals surface area contributed by atoms with E-state index in [2.05, 4.69) is 41.4 Å². The third-order valence-electron chi connectivity index (χ3n) is 4.23. The van der Waals surface area contributed by atoms with Crippen molar-refractivity contribution in [3.63, 3.8) is 0 Å². The summed E-state index contributed by atoms with van der Waals surface area (Å²) < 4.78 is 5.17. The highest BCUT2D eigenvalue weighted by Crippen LogP contribution is 2.18. The molecule has 1 N–H and O–H groups in total. The predicted octanol–water partition coefficient (Wildman–Crippen LogP) is 2.95. The Bertz CT molecular complexity index is 617. The van der Waals surface area contributed by atoms with Crippen molar-refractivity contribution in [2.24, 2.45) is 0 Å². The van der Waals surface area contributed by atoms with E-state index in [0.29, 0.717) is 19.4 Å². The summed E-state index contributed by atoms with van der Waals surface area (Å²) in [6.07, 6.45) is 0.632. The Kier molecular flexibility index (Phi) is 6.89. The molecule has 1 aromatic carbocycles. The fourth-order valence-electron chi connectivity index (χ4n) is 2.94. The van der Waals surface area contributed by atoms with Crippen LogP contribution in [0.15, 0.2) is 24.3 Å². The number of hydrogen-bond donors (Lipinski definition) is 1. The molecule has 2 amide bonds. The Hall–Kier alpha value is -2.24. The second-order valence-electron chi connectivity index (χ2n) is 7.74. The third kappa shape index (κ3) is 6.58. The number of nitrogens with zero attached hydrogens (tertiary/aromatic N) is 2. The number of piperazine rings is 1. The number of ether oxygens (including phenoxy) is 1. The average Bonchev–Trinajstić information content (AvgIpc) is 2.57. The van der Waals surface area contributed by atoms with Crippen molar-refractivity contribution in [3.05, 3.63) is 29.8 Å². The lowest BCUT2D eigenvalue weighted by Crippen LogP contribution is -2.48. The summed E-state index contributed by atoms with van der Waals surface area (Å²) in [5.41, 5.74) is 1.97. The second-order valence-corrected chi connectivity index (χ2v) is 7.74. The van der Waals surface area contributed by atoms with E-state index in [-0.39, 0.29) is 5.91 Å². The first kappa shape index (κ1) is 20.1. The van der Waals surface area contributed by atoms with Crippen molar-refractivity contribution < 1.29 is 14.3 Å². The quantitative estimate of drug-likeness (QED) is 0.819. The normalized spacial score (nSPS) is 14.9. The van der Waals surface area contributed by atoms with Gasteiger partial charge in [-0.1, -0.05) is 12.1 Å². The fraction of sp³-hybridized carbons (Fsp3) is 0.600. The van der Waals surface area contributed by atoms with Crippen molar-refractivity contribution in [2.75, 3.05) is 37.6 Å². The number of hydrogen-bond acceptors (Lipinski definition) is 4. The molecule has 0 radical (unpaired) electrons. The molecule has 144 valence electrons. The Balaban J connectivity index is 1.66. The van der Waals surface area contributed by atoms with Gasteiger partial charge in [0, 0.05) is 44.8 Å². The molecule has 0 spiro atoms. The number of nitrogens with one attached hydrogen (secondary N) is 1. The minimum Gasteiger partial charge on any atom is -0.444 e. The van der Waals surface area contributed by atoms with Crippen molar-refractivity contribution in [1.29, 1.82) is 0 Å². The van der Waals surface area contributed by atoms with Gasteiger partial charge < -0.3 is 19.9 Å². The minimum atomic E-state index is -0.503. The highest BCUT2D eigenvalue weighted by molar-refractivity contribution is 5.76. The summed E-state index contributed by atoms with van der Waals surface area (Å²) in [4.78, 5) is 28.1. The van der Waals surface area contributed by atoms with E-state index < -0.39 is 11.7 Å². The van der Waals surface area contributed by atoms with Gasteiger partial charge >= 0.3 is 6.09 Å². The van der Waals surface area contributed by atoms with Gasteiger partial charge in [-0.3, -0.25) is 4.79 Å². The Morgan fingerprint density at radius 1 is 1.15 bits per heavy atom. The maximum atomic E-state index is 12.3. The van der Waals surface area contributed by atoms with E-state index in [1.54, 1.807) is 0 Å². The standard InChI is InChI=1S/C20H31N3O3/c1-16-7-5-8-17(15-16)22-11-13-23(14-12-22)18(24)9-6-10-21-19(25)26-20(2,3)4/h5,7-8,15H,6,9-14H2,1-4H3,(H,21,25). The van der Waals surface area contributed by atoms with Crippen LogP contribution >= 0.6 is 0 Å². The number of carbonyl (C=O) groups excluding carboxylic acids is 2. The SMILES string of the molecule is Cc1cccc(N2CCN(C(=O)CCCNC(=O)OC(C)(C)C)CC2)c1. The largest absolute Gasteiger partial charge is 0.444 e. The number of aryl methyl sites for hydroxylation is 1. The molecule has 6 heteroatoms. The van der Waals surface area contributed by atoms with E-state index >= 15 is 0 Å². The molecule has 1 fully saturated rings. The second kappa shape index (κ2) is 8.92. The van der Waals surface area contributed by atoms with Crippen LogP contribution in [0.25, 0.3) is 0 Å². The van der Waals surface area contributed by atoms with Gasteiger partial charge in [0.15, 0.2) is 0 Å². The lowest BCUT2D eigenvalue weighted by Gasteiger charge is -2.36. The van der Waals surface area contributed by atoms with Crippen LogP contribution in [0.3, 0.4) is 0 Å². The summed E-state index contributed by atoms with van der Waals surface area (Å²) in [6, 6.07) is 8.46. The van der Waals surface area contributed by atoms with Crippen LogP contribution in [0.5, 0.6) is 0 Å². The number of rotatable bonds is 5. The summed E-state index contributed by atoms with van der Waals surface area (Å²) in [7, 11) is 0. The zero-order chi connectivity index (χ0) is 19.2. The predicted molar refractivity (Wildman–Crippen MR) is 103 cm³/mol. The summed E-state index contributed by atoms with van der Waals surface area (Å²) in [5, 5.41) is 2.69. The zero-order valence-electron chi connectivity index (χ0n) is 16.4. The molecule has 26 heavy (non-hydrogen) atoms. The van der Waals surface area contributed by atoms with E-state index in [9.17, 15) is 9.59 Å². The smallest absolute Gasteiger partial charge is 0.407 e. The molecule has 1 heterocycles. The average molecular weight is 361 g/mol. The first-order chi connectivity index (χ1) is 12.2. The topological polar surface area (TPSA) is 61.9 Å². The van der Waals surface area contributed by atoms with Gasteiger partial charge in [0.05, 0.1) is 0 Å². The summed E-state index contributed by atoms with van der Waals surface area (Å²) in [5.74, 6) is 0.153. The molecule has 1 saturated heterocycles. The molecule has 0 unspecified atom stereocenters. The molecule has 1 aliphatic heterocycles. The van der Waals surface area contributed by atoms with Crippen LogP contribution in [-0.4, -0.2) is 55.2 Å². The summed E-state index contributed by atoms with van der Waals surface area (Å²) in [6.45, 7) is 11.2. The van der Waals surface area contributed by atoms with E-state index in [4.69, 9.17) is 4.74 Å². The molecular formula is C20H31N3O3. The van der Waals surface area contributed by atoms with Gasteiger partial charge in [0.25, 0.3) is 0 Å². The van der Waals surface area contributed by atoms with Crippen molar-refractivity contribution in [1.82, 2.24) is 10.2 Å². The van der Waals surface area contributed by atoms with Crippen LogP contribution in [0, 0.1) is 6.92 Å². The van der Waals surface area contributed by atoms with Gasteiger partial charge in [-0.2, -0.15) is 0 Å². The van der Waals surface area contributed by atoms with Gasteiger partial charge in [0.1, 0.15) is 5.60 Å². The van der Waals surface area contributed by atoms with Gasteiger partial charge in [-0.25, -0.2) is 4.79 Å². The highest BCUT2D eigenvalue weighted by Gasteiger charge is 2.21. The number of benzene rings is 1. The molecule has 0 aliphatic carbocycles. The van der Waals surface area contributed by atoms with Crippen molar-refractivity contribution in [2.45, 2.75) is 46.1 Å². The van der Waals surface area contributed by atoms with Crippen LogP contribution in [0.4, 0.5) is 10.5 Å². The molecule has 0 aromatic heterocycles. The first-order valence-electron chi connectivity index (χ1n) is 9.31. The van der Waals surface area contributed by atoms with Crippen molar-refractivity contribution in [3.8, 4) is 0 Å². The maximum Gasteiger partial charge on any atom is 0.407 e. The van der Waals surface area contributed by atoms with Crippen molar-refractivity contribution >= 4 is 17.7 Å². The van der Waals surface area contributed by atoms with Gasteiger partial charge in [0.2, 0.25) is 5.91 Å². The lowest BCUT2D eigenvalue weighted by molar-refractivity contribution is -0.131. The van der Waals surface area contributed by atoms with E-state index in [0.717, 1.165) is 26.2 Å². The first-order valence-corrected chi connectivity index (χ1v) is 9.31. The van der Waals surface area contributed by atoms with Crippen LogP contribution in [0.2, 0.25) is 0 Å². The molecule has 6 nitrogen and oxygen atoms in total. The fourth-order valence-corrected chi connectivity index (χ4v) is 2.94. The molecule has 1 aliphatic rings. The number of amides is 2. The minimum absolute atomic E-state index is 0.153. The number of carbonyl (C=O) groups is 2. The van der Waals surface area contributed by atoms with E-state index in [1.165, 1.54) is 11.3 Å². The van der Waals surface area contributed by atoms with Crippen LogP contribution < -0.4 is 10.2 Å².